The van der Waals surface area contributed by atoms with E-state index in [1.165, 1.54) is 0 Å². The molecule has 0 aromatic carbocycles. The molecule has 1 heterocycles. The number of rotatable bonds is 1. The molecule has 0 amide bonds. The largest absolute Gasteiger partial charge is 0.373 e. The van der Waals surface area contributed by atoms with Crippen molar-refractivity contribution >= 4 is 6.29 Å². The summed E-state index contributed by atoms with van der Waals surface area (Å²) in [5.41, 5.74) is 0. The van der Waals surface area contributed by atoms with E-state index in [2.05, 4.69) is 0 Å². The second-order valence-corrected chi connectivity index (χ2v) is 2.55. The lowest BCUT2D eigenvalue weighted by molar-refractivity contribution is -0.169. The molecule has 1 fully saturated rings. The molecule has 1 saturated heterocycles. The van der Waals surface area contributed by atoms with E-state index in [0.29, 0.717) is 6.61 Å². The lowest BCUT2D eigenvalue weighted by atomic mass is 10.2. The van der Waals surface area contributed by atoms with Gasteiger partial charge in [0.15, 0.2) is 6.29 Å². The Hall–Kier alpha value is -0.410. The van der Waals surface area contributed by atoms with Crippen LogP contribution in [0.4, 0.5) is 0 Å². The highest BCUT2D eigenvalue weighted by Crippen LogP contribution is 2.12. The van der Waals surface area contributed by atoms with Gasteiger partial charge in [-0.05, 0) is 13.8 Å². The first-order valence-corrected chi connectivity index (χ1v) is 3.46. The van der Waals surface area contributed by atoms with E-state index in [1.54, 1.807) is 0 Å². The van der Waals surface area contributed by atoms with Crippen LogP contribution < -0.4 is 0 Å². The quantitative estimate of drug-likeness (QED) is 0.499. The molecule has 58 valence electrons. The number of aldehydes is 1. The maximum absolute atomic E-state index is 10.2. The summed E-state index contributed by atoms with van der Waals surface area (Å²) in [4.78, 5) is 10.2. The number of hydrogen-bond donors (Lipinski definition) is 0. The number of ether oxygens (including phenoxy) is 2. The Balaban J connectivity index is 2.40. The zero-order chi connectivity index (χ0) is 7.56. The van der Waals surface area contributed by atoms with E-state index in [-0.39, 0.29) is 18.3 Å². The molecule has 1 aliphatic rings. The van der Waals surface area contributed by atoms with Crippen molar-refractivity contribution in [2.24, 2.45) is 0 Å². The summed E-state index contributed by atoms with van der Waals surface area (Å²) in [7, 11) is 0. The summed E-state index contributed by atoms with van der Waals surface area (Å²) in [6.07, 6.45) is 0.564. The maximum Gasteiger partial charge on any atom is 0.151 e. The zero-order valence-corrected chi connectivity index (χ0v) is 6.24. The smallest absolute Gasteiger partial charge is 0.151 e. The Morgan fingerprint density at radius 3 is 2.60 bits per heavy atom. The van der Waals surface area contributed by atoms with Crippen molar-refractivity contribution in [2.45, 2.75) is 32.2 Å². The Kier molecular flexibility index (Phi) is 2.40. The van der Waals surface area contributed by atoms with Crippen LogP contribution in [-0.4, -0.2) is 31.2 Å². The number of hydrogen-bond acceptors (Lipinski definition) is 3. The van der Waals surface area contributed by atoms with Crippen molar-refractivity contribution in [3.63, 3.8) is 0 Å². The van der Waals surface area contributed by atoms with Crippen molar-refractivity contribution in [1.29, 1.82) is 0 Å². The molecular weight excluding hydrogens is 132 g/mol. The highest BCUT2D eigenvalue weighted by atomic mass is 16.6. The Bertz CT molecular complexity index is 124. The fourth-order valence-corrected chi connectivity index (χ4v) is 0.879. The van der Waals surface area contributed by atoms with E-state index in [9.17, 15) is 4.79 Å². The molecule has 1 rings (SSSR count). The van der Waals surface area contributed by atoms with Crippen LogP contribution in [0.3, 0.4) is 0 Å². The summed E-state index contributed by atoms with van der Waals surface area (Å²) in [5, 5.41) is 0. The Labute approximate surface area is 60.3 Å². The van der Waals surface area contributed by atoms with Crippen molar-refractivity contribution in [2.75, 3.05) is 6.61 Å². The SMILES string of the molecule is CC1OCC(C=O)OC1C. The second kappa shape index (κ2) is 3.12. The van der Waals surface area contributed by atoms with Crippen LogP contribution >= 0.6 is 0 Å². The van der Waals surface area contributed by atoms with Crippen molar-refractivity contribution in [3.8, 4) is 0 Å². The van der Waals surface area contributed by atoms with Crippen molar-refractivity contribution < 1.29 is 14.3 Å². The second-order valence-electron chi connectivity index (χ2n) is 2.55. The van der Waals surface area contributed by atoms with E-state index in [4.69, 9.17) is 9.47 Å². The highest BCUT2D eigenvalue weighted by Gasteiger charge is 2.24. The molecule has 0 aromatic heterocycles. The van der Waals surface area contributed by atoms with Crippen LogP contribution in [0.15, 0.2) is 0 Å². The van der Waals surface area contributed by atoms with Crippen LogP contribution in [0, 0.1) is 0 Å². The fourth-order valence-electron chi connectivity index (χ4n) is 0.879. The minimum Gasteiger partial charge on any atom is -0.373 e. The maximum atomic E-state index is 10.2. The lowest BCUT2D eigenvalue weighted by Crippen LogP contribution is -2.40. The molecule has 10 heavy (non-hydrogen) atoms. The fraction of sp³-hybridized carbons (Fsp3) is 0.857. The van der Waals surface area contributed by atoms with Gasteiger partial charge in [0, 0.05) is 0 Å². The van der Waals surface area contributed by atoms with Crippen molar-refractivity contribution in [3.05, 3.63) is 0 Å². The first-order chi connectivity index (χ1) is 4.74. The zero-order valence-electron chi connectivity index (χ0n) is 6.24. The van der Waals surface area contributed by atoms with Crippen molar-refractivity contribution in [1.82, 2.24) is 0 Å². The van der Waals surface area contributed by atoms with Gasteiger partial charge >= 0.3 is 0 Å². The molecule has 3 heteroatoms. The summed E-state index contributed by atoms with van der Waals surface area (Å²) in [6.45, 7) is 4.24. The van der Waals surface area contributed by atoms with Gasteiger partial charge in [-0.3, -0.25) is 0 Å². The Morgan fingerprint density at radius 1 is 1.40 bits per heavy atom. The minimum atomic E-state index is -0.355. The average molecular weight is 144 g/mol. The van der Waals surface area contributed by atoms with E-state index < -0.39 is 0 Å². The van der Waals surface area contributed by atoms with Gasteiger partial charge in [-0.1, -0.05) is 0 Å². The van der Waals surface area contributed by atoms with Gasteiger partial charge in [0.2, 0.25) is 0 Å². The minimum absolute atomic E-state index is 0.0314. The Morgan fingerprint density at radius 2 is 2.10 bits per heavy atom. The summed E-state index contributed by atoms with van der Waals surface area (Å²) in [6, 6.07) is 0. The van der Waals surface area contributed by atoms with Crippen LogP contribution in [0.25, 0.3) is 0 Å². The van der Waals surface area contributed by atoms with E-state index in [1.807, 2.05) is 13.8 Å². The first kappa shape index (κ1) is 7.69. The van der Waals surface area contributed by atoms with Gasteiger partial charge in [-0.2, -0.15) is 0 Å². The monoisotopic (exact) mass is 144 g/mol. The standard InChI is InChI=1S/C7H12O3/c1-5-6(2)10-7(3-8)4-9-5/h3,5-7H,4H2,1-2H3. The predicted octanol–water partition coefficient (Wildman–Crippen LogP) is 0.378. The van der Waals surface area contributed by atoms with E-state index >= 15 is 0 Å². The van der Waals surface area contributed by atoms with Gasteiger partial charge in [-0.25, -0.2) is 0 Å². The first-order valence-electron chi connectivity index (χ1n) is 3.46. The van der Waals surface area contributed by atoms with Crippen LogP contribution in [0.2, 0.25) is 0 Å². The molecule has 0 spiro atoms. The third-order valence-corrected chi connectivity index (χ3v) is 1.73. The summed E-state index contributed by atoms with van der Waals surface area (Å²) < 4.78 is 10.5. The molecule has 0 aliphatic carbocycles. The van der Waals surface area contributed by atoms with Gasteiger partial charge in [0.25, 0.3) is 0 Å². The molecule has 0 N–H and O–H groups in total. The predicted molar refractivity (Wildman–Crippen MR) is 35.8 cm³/mol. The lowest BCUT2D eigenvalue weighted by Gasteiger charge is -2.30. The molecular formula is C7H12O3. The third kappa shape index (κ3) is 1.55. The number of carbonyl (C=O) groups is 1. The van der Waals surface area contributed by atoms with Gasteiger partial charge in [-0.15, -0.1) is 0 Å². The van der Waals surface area contributed by atoms with Gasteiger partial charge in [0.05, 0.1) is 18.8 Å². The average Bonchev–Trinajstić information content (AvgIpc) is 1.95. The molecule has 3 unspecified atom stereocenters. The summed E-state index contributed by atoms with van der Waals surface area (Å²) in [5.74, 6) is 0. The molecule has 3 atom stereocenters. The third-order valence-electron chi connectivity index (χ3n) is 1.73. The molecule has 1 aliphatic heterocycles. The van der Waals surface area contributed by atoms with Gasteiger partial charge < -0.3 is 14.3 Å². The highest BCUT2D eigenvalue weighted by molar-refractivity contribution is 5.56. The number of carbonyl (C=O) groups excluding carboxylic acids is 1. The topological polar surface area (TPSA) is 35.5 Å². The van der Waals surface area contributed by atoms with Crippen LogP contribution in [-0.2, 0) is 14.3 Å². The van der Waals surface area contributed by atoms with E-state index in [0.717, 1.165) is 6.29 Å². The van der Waals surface area contributed by atoms with Gasteiger partial charge in [0.1, 0.15) is 6.10 Å². The molecule has 3 nitrogen and oxygen atoms in total. The normalized spacial score (nSPS) is 41.2. The molecule has 0 saturated carbocycles. The molecule has 0 aromatic rings. The van der Waals surface area contributed by atoms with Crippen LogP contribution in [0.5, 0.6) is 0 Å². The molecule has 0 bridgehead atoms. The molecule has 0 radical (unpaired) electrons. The summed E-state index contributed by atoms with van der Waals surface area (Å²) >= 11 is 0. The van der Waals surface area contributed by atoms with Crippen LogP contribution in [0.1, 0.15) is 13.8 Å².